The number of nitrogens with one attached hydrogen (secondary N) is 1. The van der Waals surface area contributed by atoms with Crippen molar-refractivity contribution in [3.05, 3.63) is 23.4 Å². The molecule has 0 saturated heterocycles. The minimum Gasteiger partial charge on any atom is -0.480 e. The van der Waals surface area contributed by atoms with Crippen molar-refractivity contribution in [3.63, 3.8) is 0 Å². The fourth-order valence-electron chi connectivity index (χ4n) is 1.83. The number of ether oxygens (including phenoxy) is 1. The van der Waals surface area contributed by atoms with Gasteiger partial charge in [0.05, 0.1) is 5.56 Å². The molecule has 7 heteroatoms. The average Bonchev–Trinajstić information content (AvgIpc) is 2.37. The number of amides is 1. The number of nitrogens with zero attached hydrogens (tertiary/aromatic N) is 1. The van der Waals surface area contributed by atoms with Crippen LogP contribution >= 0.6 is 0 Å². The zero-order valence-corrected chi connectivity index (χ0v) is 11.5. The summed E-state index contributed by atoms with van der Waals surface area (Å²) in [5.41, 5.74) is 6.17. The lowest BCUT2D eigenvalue weighted by atomic mass is 10.1. The highest BCUT2D eigenvalue weighted by Crippen LogP contribution is 2.18. The Morgan fingerprint density at radius 1 is 1.55 bits per heavy atom. The number of methoxy groups -OCH3 is 1. The van der Waals surface area contributed by atoms with Crippen molar-refractivity contribution in [2.24, 2.45) is 5.73 Å². The van der Waals surface area contributed by atoms with Crippen LogP contribution in [0.15, 0.2) is 12.3 Å². The van der Waals surface area contributed by atoms with Crippen LogP contribution in [-0.2, 0) is 9.53 Å². The largest absolute Gasteiger partial charge is 0.480 e. The van der Waals surface area contributed by atoms with Gasteiger partial charge in [-0.05, 0) is 31.4 Å². The Hall–Kier alpha value is -2.15. The Morgan fingerprint density at radius 2 is 2.25 bits per heavy atom. The molecule has 1 aromatic heterocycles. The van der Waals surface area contributed by atoms with Gasteiger partial charge in [0, 0.05) is 19.9 Å². The third-order valence-corrected chi connectivity index (χ3v) is 2.86. The minimum atomic E-state index is -1.01. The van der Waals surface area contributed by atoms with Gasteiger partial charge in [0.25, 0.3) is 5.91 Å². The van der Waals surface area contributed by atoms with Crippen molar-refractivity contribution in [2.45, 2.75) is 25.8 Å². The molecule has 0 aliphatic heterocycles. The van der Waals surface area contributed by atoms with E-state index in [1.165, 1.54) is 6.20 Å². The summed E-state index contributed by atoms with van der Waals surface area (Å²) in [4.78, 5) is 26.7. The summed E-state index contributed by atoms with van der Waals surface area (Å²) < 4.78 is 4.89. The summed E-state index contributed by atoms with van der Waals surface area (Å²) in [5, 5.41) is 11.9. The summed E-state index contributed by atoms with van der Waals surface area (Å²) in [5.74, 6) is -1.46. The molecule has 7 nitrogen and oxygen atoms in total. The molecule has 0 fully saturated rings. The maximum atomic E-state index is 11.4. The number of carbonyl (C=O) groups excluding carboxylic acids is 1. The van der Waals surface area contributed by atoms with Crippen LogP contribution in [0.4, 0.5) is 5.82 Å². The number of aliphatic carboxylic acids is 1. The molecule has 20 heavy (non-hydrogen) atoms. The Bertz CT molecular complexity index is 491. The van der Waals surface area contributed by atoms with E-state index >= 15 is 0 Å². The van der Waals surface area contributed by atoms with Gasteiger partial charge in [-0.15, -0.1) is 0 Å². The van der Waals surface area contributed by atoms with Crippen molar-refractivity contribution in [1.82, 2.24) is 4.98 Å². The first-order chi connectivity index (χ1) is 9.47. The lowest BCUT2D eigenvalue weighted by Crippen LogP contribution is -2.31. The molecule has 4 N–H and O–H groups in total. The van der Waals surface area contributed by atoms with Gasteiger partial charge < -0.3 is 20.9 Å². The third-order valence-electron chi connectivity index (χ3n) is 2.86. The molecule has 0 aromatic carbocycles. The van der Waals surface area contributed by atoms with Crippen LogP contribution in [0.2, 0.25) is 0 Å². The molecule has 1 rings (SSSR count). The van der Waals surface area contributed by atoms with Crippen molar-refractivity contribution in [2.75, 3.05) is 19.0 Å². The molecule has 1 atom stereocenters. The van der Waals surface area contributed by atoms with Crippen LogP contribution in [0.3, 0.4) is 0 Å². The van der Waals surface area contributed by atoms with Gasteiger partial charge >= 0.3 is 5.97 Å². The average molecular weight is 281 g/mol. The number of carboxylic acid groups (broad SMARTS) is 1. The first-order valence-corrected chi connectivity index (χ1v) is 6.21. The number of nitrogens with two attached hydrogens (primary N) is 1. The Balaban J connectivity index is 2.91. The van der Waals surface area contributed by atoms with Crippen LogP contribution in [-0.4, -0.2) is 41.7 Å². The fourth-order valence-corrected chi connectivity index (χ4v) is 1.83. The van der Waals surface area contributed by atoms with Gasteiger partial charge in [0.15, 0.2) is 0 Å². The van der Waals surface area contributed by atoms with E-state index in [4.69, 9.17) is 10.5 Å². The van der Waals surface area contributed by atoms with E-state index in [9.17, 15) is 14.7 Å². The summed E-state index contributed by atoms with van der Waals surface area (Å²) in [6.07, 6.45) is 2.44. The Kier molecular flexibility index (Phi) is 5.92. The molecule has 1 unspecified atom stereocenters. The van der Waals surface area contributed by atoms with E-state index in [0.29, 0.717) is 25.0 Å². The summed E-state index contributed by atoms with van der Waals surface area (Å²) in [6, 6.07) is 0.795. The molecule has 0 bridgehead atoms. The minimum absolute atomic E-state index is 0.197. The summed E-state index contributed by atoms with van der Waals surface area (Å²) in [7, 11) is 1.55. The number of anilines is 1. The van der Waals surface area contributed by atoms with Crippen LogP contribution in [0.25, 0.3) is 0 Å². The predicted molar refractivity (Wildman–Crippen MR) is 73.6 cm³/mol. The second kappa shape index (κ2) is 7.44. The third kappa shape index (κ3) is 4.20. The SMILES string of the molecule is COCCCC(Nc1nccc(C)c1C(N)=O)C(=O)O. The van der Waals surface area contributed by atoms with Gasteiger partial charge in [-0.3, -0.25) is 4.79 Å². The standard InChI is InChI=1S/C13H19N3O4/c1-8-5-6-15-12(10(8)11(14)17)16-9(13(18)19)4-3-7-20-2/h5-6,9H,3-4,7H2,1-2H3,(H2,14,17)(H,15,16)(H,18,19). The first-order valence-electron chi connectivity index (χ1n) is 6.21. The van der Waals surface area contributed by atoms with E-state index in [0.717, 1.165) is 0 Å². The molecule has 0 aliphatic rings. The quantitative estimate of drug-likeness (QED) is 0.607. The van der Waals surface area contributed by atoms with E-state index in [-0.39, 0.29) is 11.4 Å². The maximum Gasteiger partial charge on any atom is 0.326 e. The van der Waals surface area contributed by atoms with Crippen LogP contribution < -0.4 is 11.1 Å². The number of carboxylic acids is 1. The van der Waals surface area contributed by atoms with Crippen LogP contribution in [0, 0.1) is 6.92 Å². The number of aromatic nitrogens is 1. The number of pyridine rings is 1. The molecule has 1 heterocycles. The predicted octanol–water partition coefficient (Wildman–Crippen LogP) is 0.781. The zero-order valence-electron chi connectivity index (χ0n) is 11.5. The van der Waals surface area contributed by atoms with Crippen LogP contribution in [0.5, 0.6) is 0 Å². The van der Waals surface area contributed by atoms with Gasteiger partial charge in [-0.25, -0.2) is 9.78 Å². The molecular weight excluding hydrogens is 262 g/mol. The number of hydrogen-bond donors (Lipinski definition) is 3. The summed E-state index contributed by atoms with van der Waals surface area (Å²) in [6.45, 7) is 2.18. The lowest BCUT2D eigenvalue weighted by Gasteiger charge is -2.17. The van der Waals surface area contributed by atoms with Crippen molar-refractivity contribution in [1.29, 1.82) is 0 Å². The van der Waals surface area contributed by atoms with Crippen LogP contribution in [0.1, 0.15) is 28.8 Å². The molecule has 1 amide bonds. The second-order valence-corrected chi connectivity index (χ2v) is 4.39. The highest BCUT2D eigenvalue weighted by molar-refractivity contribution is 5.99. The van der Waals surface area contributed by atoms with Crippen molar-refractivity contribution < 1.29 is 19.4 Å². The molecule has 0 radical (unpaired) electrons. The van der Waals surface area contributed by atoms with Gasteiger partial charge in [0.2, 0.25) is 0 Å². The summed E-state index contributed by atoms with van der Waals surface area (Å²) >= 11 is 0. The number of hydrogen-bond acceptors (Lipinski definition) is 5. The Morgan fingerprint density at radius 3 is 2.80 bits per heavy atom. The van der Waals surface area contributed by atoms with Gasteiger partial charge in [0.1, 0.15) is 11.9 Å². The van der Waals surface area contributed by atoms with E-state index in [2.05, 4.69) is 10.3 Å². The normalized spacial score (nSPS) is 11.9. The van der Waals surface area contributed by atoms with E-state index < -0.39 is 17.9 Å². The van der Waals surface area contributed by atoms with E-state index in [1.807, 2.05) is 0 Å². The maximum absolute atomic E-state index is 11.4. The smallest absolute Gasteiger partial charge is 0.326 e. The Labute approximate surface area is 117 Å². The number of carbonyl (C=O) groups is 2. The monoisotopic (exact) mass is 281 g/mol. The van der Waals surface area contributed by atoms with Gasteiger partial charge in [-0.2, -0.15) is 0 Å². The number of rotatable bonds is 8. The molecule has 110 valence electrons. The first kappa shape index (κ1) is 15.9. The fraction of sp³-hybridized carbons (Fsp3) is 0.462. The molecule has 0 aliphatic carbocycles. The number of primary amides is 1. The molecule has 0 spiro atoms. The van der Waals surface area contributed by atoms with E-state index in [1.54, 1.807) is 20.1 Å². The molecule has 1 aromatic rings. The molecule has 0 saturated carbocycles. The van der Waals surface area contributed by atoms with Crippen molar-refractivity contribution in [3.8, 4) is 0 Å². The highest BCUT2D eigenvalue weighted by atomic mass is 16.5. The van der Waals surface area contributed by atoms with Gasteiger partial charge in [-0.1, -0.05) is 0 Å². The van der Waals surface area contributed by atoms with Crippen molar-refractivity contribution >= 4 is 17.7 Å². The lowest BCUT2D eigenvalue weighted by molar-refractivity contribution is -0.138. The number of aryl methyl sites for hydroxylation is 1. The highest BCUT2D eigenvalue weighted by Gasteiger charge is 2.21. The molecular formula is C13H19N3O4. The zero-order chi connectivity index (χ0) is 15.1. The second-order valence-electron chi connectivity index (χ2n) is 4.39. The topological polar surface area (TPSA) is 115 Å².